The fraction of sp³-hybridized carbons (Fsp3) is 1.00. The minimum atomic E-state index is 0. The zero-order chi connectivity index (χ0) is 6.28. The van der Waals surface area contributed by atoms with Crippen molar-refractivity contribution in [2.24, 2.45) is 0 Å². The zero-order valence-electron chi connectivity index (χ0n) is 5.62. The van der Waals surface area contributed by atoms with Gasteiger partial charge in [0.1, 0.15) is 0 Å². The predicted octanol–water partition coefficient (Wildman–Crippen LogP) is -1.87. The highest BCUT2D eigenvalue weighted by molar-refractivity contribution is 3.79. The Balaban J connectivity index is 0. The van der Waals surface area contributed by atoms with Crippen LogP contribution in [0.2, 0.25) is 0 Å². The molecule has 0 saturated carbocycles. The number of hydrogen-bond acceptors (Lipinski definition) is 1. The number of rotatable bonds is 0. The van der Waals surface area contributed by atoms with E-state index in [0.717, 1.165) is 0 Å². The van der Waals surface area contributed by atoms with Gasteiger partial charge >= 0.3 is 0 Å². The minimum Gasteiger partial charge on any atom is -0.855 e. The average molecular weight is 105 g/mol. The molecule has 0 aliphatic carbocycles. The Hall–Kier alpha value is -0.0800. The Morgan fingerprint density at radius 2 is 1.29 bits per heavy atom. The minimum absolute atomic E-state index is 0. The van der Waals surface area contributed by atoms with Crippen LogP contribution in [-0.2, 0) is 0 Å². The van der Waals surface area contributed by atoms with Gasteiger partial charge in [0.25, 0.3) is 0 Å². The maximum atomic E-state index is 8.93. The number of hydrogen-bond donors (Lipinski definition) is 1. The first kappa shape index (κ1) is 10.0. The van der Waals surface area contributed by atoms with Crippen LogP contribution in [0.4, 0.5) is 0 Å². The second kappa shape index (κ2) is 9.33. The zero-order valence-corrected chi connectivity index (χ0v) is 5.62. The molecule has 2 nitrogen and oxygen atoms in total. The largest absolute Gasteiger partial charge is 0.855 e. The van der Waals surface area contributed by atoms with Gasteiger partial charge in [-0.3, -0.25) is 0 Å². The monoisotopic (exact) mass is 105 g/mol. The Bertz CT molecular complexity index is 19.3. The number of nitrogens with one attached hydrogen (secondary N) is 1. The third-order valence-electron chi connectivity index (χ3n) is 0. The van der Waals surface area contributed by atoms with Crippen LogP contribution in [0.25, 0.3) is 0 Å². The molecule has 0 aromatic carbocycles. The van der Waals surface area contributed by atoms with Crippen molar-refractivity contribution < 1.29 is 10.0 Å². The molecule has 7 heavy (non-hydrogen) atoms. The van der Waals surface area contributed by atoms with Crippen molar-refractivity contribution in [1.29, 1.82) is 0 Å². The lowest BCUT2D eigenvalue weighted by Gasteiger charge is -1.88. The van der Waals surface area contributed by atoms with E-state index < -0.39 is 0 Å². The van der Waals surface area contributed by atoms with E-state index in [0.29, 0.717) is 0 Å². The summed E-state index contributed by atoms with van der Waals surface area (Å²) in [5, 5.41) is 8.93. The summed E-state index contributed by atoms with van der Waals surface area (Å²) < 4.78 is 0. The molecule has 0 rings (SSSR count). The molecule has 0 atom stereocenters. The lowest BCUT2D eigenvalue weighted by atomic mass is 10.9. The average Bonchev–Trinajstić information content (AvgIpc) is 1.33. The maximum Gasteiger partial charge on any atom is 0.0661 e. The van der Waals surface area contributed by atoms with Crippen LogP contribution in [0.15, 0.2) is 0 Å². The Kier molecular flexibility index (Phi) is 13.3. The third kappa shape index (κ3) is 14200. The quantitative estimate of drug-likeness (QED) is 0.384. The van der Waals surface area contributed by atoms with Crippen molar-refractivity contribution >= 4 is 0 Å². The van der Waals surface area contributed by atoms with Gasteiger partial charge in [-0.05, 0) is 0 Å². The van der Waals surface area contributed by atoms with Crippen molar-refractivity contribution in [1.82, 2.24) is 0 Å². The molecule has 0 amide bonds. The van der Waals surface area contributed by atoms with E-state index in [1.54, 1.807) is 6.92 Å². The molecule has 0 fully saturated rings. The topological polar surface area (TPSA) is 27.5 Å². The summed E-state index contributed by atoms with van der Waals surface area (Å²) in [6.07, 6.45) is 0. The van der Waals surface area contributed by atoms with Gasteiger partial charge in [-0.2, -0.15) is 0 Å². The lowest BCUT2D eigenvalue weighted by Crippen LogP contribution is -3.02. The van der Waals surface area contributed by atoms with E-state index in [1.807, 2.05) is 0 Å². The Morgan fingerprint density at radius 1 is 1.29 bits per heavy atom. The Labute approximate surface area is 45.8 Å². The first-order valence-corrected chi connectivity index (χ1v) is 2.50. The van der Waals surface area contributed by atoms with E-state index in [4.69, 9.17) is 5.11 Å². The van der Waals surface area contributed by atoms with Crippen molar-refractivity contribution in [2.45, 2.75) is 6.92 Å². The van der Waals surface area contributed by atoms with Crippen molar-refractivity contribution in [3.63, 3.8) is 0 Å². The van der Waals surface area contributed by atoms with Crippen molar-refractivity contribution in [3.05, 3.63) is 0 Å². The smallest absolute Gasteiger partial charge is 0.0661 e. The fourth-order valence-corrected chi connectivity index (χ4v) is 0. The molecule has 46 valence electrons. The van der Waals surface area contributed by atoms with Gasteiger partial charge in [0, 0.05) is 0 Å². The van der Waals surface area contributed by atoms with Crippen LogP contribution < -0.4 is 10.0 Å². The summed E-state index contributed by atoms with van der Waals surface area (Å²) in [4.78, 5) is 1.42. The van der Waals surface area contributed by atoms with E-state index in [-0.39, 0.29) is 6.61 Å². The normalized spacial score (nSPS) is 7.71. The van der Waals surface area contributed by atoms with Gasteiger partial charge in [0.2, 0.25) is 0 Å². The molecular weight excluding hydrogens is 90.1 g/mol. The van der Waals surface area contributed by atoms with Gasteiger partial charge in [-0.1, -0.05) is 6.92 Å². The summed E-state index contributed by atoms with van der Waals surface area (Å²) in [5.74, 6) is 0. The van der Waals surface area contributed by atoms with Crippen LogP contribution in [0.5, 0.6) is 0 Å². The second-order valence-corrected chi connectivity index (χ2v) is 1.79. The molecular formula is C5H15NO. The van der Waals surface area contributed by atoms with Gasteiger partial charge in [0.15, 0.2) is 0 Å². The molecule has 0 aliphatic heterocycles. The van der Waals surface area contributed by atoms with Crippen LogP contribution in [0, 0.1) is 0 Å². The summed E-state index contributed by atoms with van der Waals surface area (Å²) >= 11 is 0. The standard InChI is InChI=1S/C3H9N.C2H5O/c1-4(2)3;1-2-3/h1-3H3;2H2,1H3/q;-1/p+1. The highest BCUT2D eigenvalue weighted by Gasteiger charge is 1.61. The van der Waals surface area contributed by atoms with Gasteiger partial charge in [-0.15, -0.1) is 6.61 Å². The highest BCUT2D eigenvalue weighted by atomic mass is 16.2. The molecule has 0 aromatic rings. The molecule has 0 aliphatic rings. The molecule has 0 saturated heterocycles. The molecule has 0 bridgehead atoms. The molecule has 0 spiro atoms. The van der Waals surface area contributed by atoms with Gasteiger partial charge in [-0.25, -0.2) is 0 Å². The first-order valence-electron chi connectivity index (χ1n) is 2.50. The fourth-order valence-electron chi connectivity index (χ4n) is 0. The Morgan fingerprint density at radius 3 is 1.29 bits per heavy atom. The van der Waals surface area contributed by atoms with Crippen LogP contribution >= 0.6 is 0 Å². The first-order chi connectivity index (χ1) is 3.15. The van der Waals surface area contributed by atoms with E-state index in [2.05, 4.69) is 21.1 Å². The summed E-state index contributed by atoms with van der Waals surface area (Å²) in [7, 11) is 6.25. The van der Waals surface area contributed by atoms with Gasteiger partial charge in [0.05, 0.1) is 21.1 Å². The number of quaternary nitrogens is 1. The highest BCUT2D eigenvalue weighted by Crippen LogP contribution is 1.18. The molecule has 0 unspecified atom stereocenters. The van der Waals surface area contributed by atoms with Gasteiger partial charge < -0.3 is 10.0 Å². The molecule has 0 radical (unpaired) electrons. The molecule has 2 heteroatoms. The SMILES string of the molecule is CC[O-].C[NH+](C)C. The molecule has 1 N–H and O–H groups in total. The van der Waals surface area contributed by atoms with Crippen LogP contribution in [0.1, 0.15) is 6.92 Å². The molecule has 0 aromatic heterocycles. The maximum absolute atomic E-state index is 8.93. The predicted molar refractivity (Wildman–Crippen MR) is 29.3 cm³/mol. The van der Waals surface area contributed by atoms with Crippen LogP contribution in [-0.4, -0.2) is 27.7 Å². The summed E-state index contributed by atoms with van der Waals surface area (Å²) in [6.45, 7) is 1.57. The summed E-state index contributed by atoms with van der Waals surface area (Å²) in [6, 6.07) is 0. The van der Waals surface area contributed by atoms with Crippen LogP contribution in [0.3, 0.4) is 0 Å². The lowest BCUT2D eigenvalue weighted by molar-refractivity contribution is -0.836. The molecule has 0 heterocycles. The summed E-state index contributed by atoms with van der Waals surface area (Å²) in [5.41, 5.74) is 0. The third-order valence-corrected chi connectivity index (χ3v) is 0. The second-order valence-electron chi connectivity index (χ2n) is 1.79. The van der Waals surface area contributed by atoms with Crippen molar-refractivity contribution in [2.75, 3.05) is 27.7 Å². The van der Waals surface area contributed by atoms with E-state index >= 15 is 0 Å². The van der Waals surface area contributed by atoms with E-state index in [1.165, 1.54) is 4.90 Å². The van der Waals surface area contributed by atoms with E-state index in [9.17, 15) is 0 Å². The van der Waals surface area contributed by atoms with Crippen molar-refractivity contribution in [3.8, 4) is 0 Å².